The second kappa shape index (κ2) is 13.0. The Labute approximate surface area is 98.3 Å². The van der Waals surface area contributed by atoms with Gasteiger partial charge >= 0.3 is 0 Å². The van der Waals surface area contributed by atoms with Gasteiger partial charge < -0.3 is 10.6 Å². The lowest BCUT2D eigenvalue weighted by Gasteiger charge is -2.10. The number of alkyl halides is 1. The maximum atomic E-state index is 5.52. The van der Waals surface area contributed by atoms with Crippen LogP contribution in [0.4, 0.5) is 0 Å². The van der Waals surface area contributed by atoms with E-state index in [-0.39, 0.29) is 0 Å². The molecule has 0 atom stereocenters. The molecule has 2 N–H and O–H groups in total. The largest absolute Gasteiger partial charge is 0.372 e. The van der Waals surface area contributed by atoms with Crippen LogP contribution in [0.1, 0.15) is 26.7 Å². The summed E-state index contributed by atoms with van der Waals surface area (Å²) >= 11 is 5.52. The van der Waals surface area contributed by atoms with Crippen molar-refractivity contribution in [1.29, 1.82) is 0 Å². The van der Waals surface area contributed by atoms with Gasteiger partial charge in [0.25, 0.3) is 0 Å². The Balaban J connectivity index is 0. The molecular formula is C11H22ClN3. The van der Waals surface area contributed by atoms with Crippen LogP contribution in [-0.2, 0) is 0 Å². The van der Waals surface area contributed by atoms with Gasteiger partial charge in [0.05, 0.1) is 11.7 Å². The highest BCUT2D eigenvalue weighted by molar-refractivity contribution is 6.17. The summed E-state index contributed by atoms with van der Waals surface area (Å²) in [5, 5.41) is 6.16. The van der Waals surface area contributed by atoms with E-state index in [1.807, 2.05) is 6.92 Å². The van der Waals surface area contributed by atoms with E-state index in [2.05, 4.69) is 42.4 Å². The summed E-state index contributed by atoms with van der Waals surface area (Å²) in [7, 11) is 0. The molecule has 0 saturated carbocycles. The van der Waals surface area contributed by atoms with Crippen molar-refractivity contribution < 1.29 is 0 Å². The van der Waals surface area contributed by atoms with Crippen LogP contribution in [0.2, 0.25) is 0 Å². The first-order chi connectivity index (χ1) is 7.26. The number of hydrogen-bond acceptors (Lipinski definition) is 3. The van der Waals surface area contributed by atoms with Crippen LogP contribution in [0.25, 0.3) is 0 Å². The zero-order chi connectivity index (χ0) is 12.1. The third kappa shape index (κ3) is 9.35. The highest BCUT2D eigenvalue weighted by Crippen LogP contribution is 1.98. The van der Waals surface area contributed by atoms with E-state index in [1.54, 1.807) is 0 Å². The molecule has 0 aromatic carbocycles. The second-order valence-corrected chi connectivity index (χ2v) is 2.99. The molecule has 0 aliphatic heterocycles. The Morgan fingerprint density at radius 1 is 1.33 bits per heavy atom. The molecule has 0 aromatic rings. The molecule has 88 valence electrons. The molecule has 0 aliphatic rings. The molecule has 0 radical (unpaired) electrons. The number of allylic oxidation sites excluding steroid dienone is 1. The number of unbranched alkanes of at least 4 members (excludes halogenated alkanes) is 1. The predicted molar refractivity (Wildman–Crippen MR) is 70.3 cm³/mol. The normalized spacial score (nSPS) is 10.6. The van der Waals surface area contributed by atoms with Gasteiger partial charge in [-0.25, -0.2) is 4.99 Å². The van der Waals surface area contributed by atoms with Gasteiger partial charge in [0, 0.05) is 6.54 Å². The summed E-state index contributed by atoms with van der Waals surface area (Å²) < 4.78 is 0. The van der Waals surface area contributed by atoms with Crippen molar-refractivity contribution in [2.24, 2.45) is 4.99 Å². The summed E-state index contributed by atoms with van der Waals surface area (Å²) in [4.78, 5) is 3.88. The number of nitrogens with one attached hydrogen (secondary N) is 2. The fraction of sp³-hybridized carbons (Fsp3) is 0.545. The smallest absolute Gasteiger partial charge is 0.144 e. The van der Waals surface area contributed by atoms with Crippen molar-refractivity contribution in [2.45, 2.75) is 26.7 Å². The maximum Gasteiger partial charge on any atom is 0.144 e. The minimum absolute atomic E-state index is 0.389. The fourth-order valence-corrected chi connectivity index (χ4v) is 1.08. The van der Waals surface area contributed by atoms with Crippen molar-refractivity contribution >= 4 is 18.3 Å². The first-order valence-electron chi connectivity index (χ1n) is 4.97. The zero-order valence-electron chi connectivity index (χ0n) is 9.77. The zero-order valence-corrected chi connectivity index (χ0v) is 10.5. The highest BCUT2D eigenvalue weighted by Gasteiger charge is 1.97. The topological polar surface area (TPSA) is 36.4 Å². The van der Waals surface area contributed by atoms with E-state index < -0.39 is 0 Å². The molecular weight excluding hydrogens is 210 g/mol. The average Bonchev–Trinajstić information content (AvgIpc) is 2.27. The van der Waals surface area contributed by atoms with Crippen LogP contribution in [0.5, 0.6) is 0 Å². The number of halogens is 1. The number of nitrogens with zero attached hydrogens (tertiary/aromatic N) is 1. The predicted octanol–water partition coefficient (Wildman–Crippen LogP) is 2.85. The first kappa shape index (κ1) is 16.5. The molecule has 3 nitrogen and oxygen atoms in total. The lowest BCUT2D eigenvalue weighted by molar-refractivity contribution is 0.692. The van der Waals surface area contributed by atoms with Crippen LogP contribution in [0, 0.1) is 0 Å². The molecule has 0 unspecified atom stereocenters. The van der Waals surface area contributed by atoms with Gasteiger partial charge in [-0.15, -0.1) is 24.8 Å². The summed E-state index contributed by atoms with van der Waals surface area (Å²) in [6.45, 7) is 14.5. The molecule has 0 heterocycles. The number of hydrogen-bond donors (Lipinski definition) is 2. The molecule has 0 fully saturated rings. The Hall–Kier alpha value is -0.960. The third-order valence-electron chi connectivity index (χ3n) is 1.67. The summed E-state index contributed by atoms with van der Waals surface area (Å²) in [6.07, 6.45) is 2.30. The van der Waals surface area contributed by atoms with Gasteiger partial charge in [-0.2, -0.15) is 0 Å². The molecule has 4 heteroatoms. The van der Waals surface area contributed by atoms with Gasteiger partial charge in [0.15, 0.2) is 0 Å². The summed E-state index contributed by atoms with van der Waals surface area (Å²) in [5.41, 5.74) is 0.932. The summed E-state index contributed by atoms with van der Waals surface area (Å²) in [5.74, 6) is 0.786. The van der Waals surface area contributed by atoms with Crippen molar-refractivity contribution in [3.63, 3.8) is 0 Å². The minimum Gasteiger partial charge on any atom is -0.372 e. The van der Waals surface area contributed by atoms with Gasteiger partial charge in [0.2, 0.25) is 0 Å². The van der Waals surface area contributed by atoms with E-state index in [1.165, 1.54) is 6.42 Å². The monoisotopic (exact) mass is 231 g/mol. The molecule has 0 bridgehead atoms. The lowest BCUT2D eigenvalue weighted by Crippen LogP contribution is -2.20. The maximum absolute atomic E-state index is 5.52. The number of aliphatic imine (C=N–C) groups is 1. The molecule has 0 saturated heterocycles. The van der Waals surface area contributed by atoms with E-state index >= 15 is 0 Å². The summed E-state index contributed by atoms with van der Waals surface area (Å²) in [6, 6.07) is 0.389. The minimum atomic E-state index is 0.389. The van der Waals surface area contributed by atoms with Gasteiger partial charge in [-0.1, -0.05) is 13.3 Å². The molecule has 0 aromatic heterocycles. The second-order valence-electron chi connectivity index (χ2n) is 2.72. The standard InChI is InChI=1S/C9H18ClN3.C2H4/c1-4-5-6-12-9(11-3)8(2)13-7-10;1-2/h12-13H,3-7H2,1-2H3;1-2H2/b9-8+;. The Bertz CT molecular complexity index is 190. The quantitative estimate of drug-likeness (QED) is 0.232. The van der Waals surface area contributed by atoms with Gasteiger partial charge in [-0.05, 0) is 20.1 Å². The van der Waals surface area contributed by atoms with Crippen LogP contribution < -0.4 is 10.6 Å². The van der Waals surface area contributed by atoms with Crippen LogP contribution in [-0.4, -0.2) is 19.3 Å². The average molecular weight is 232 g/mol. The Kier molecular flexibility index (Phi) is 14.3. The van der Waals surface area contributed by atoms with Crippen LogP contribution in [0.15, 0.2) is 29.7 Å². The van der Waals surface area contributed by atoms with Crippen molar-refractivity contribution in [3.8, 4) is 0 Å². The van der Waals surface area contributed by atoms with E-state index in [9.17, 15) is 0 Å². The molecule has 15 heavy (non-hydrogen) atoms. The molecule has 0 rings (SSSR count). The lowest BCUT2D eigenvalue weighted by atomic mass is 10.3. The van der Waals surface area contributed by atoms with Crippen molar-refractivity contribution in [3.05, 3.63) is 24.7 Å². The van der Waals surface area contributed by atoms with E-state index in [4.69, 9.17) is 11.6 Å². The van der Waals surface area contributed by atoms with Crippen molar-refractivity contribution in [1.82, 2.24) is 10.6 Å². The van der Waals surface area contributed by atoms with E-state index in [0.29, 0.717) is 6.00 Å². The molecule has 0 amide bonds. The van der Waals surface area contributed by atoms with Gasteiger partial charge in [0.1, 0.15) is 5.82 Å². The van der Waals surface area contributed by atoms with Crippen molar-refractivity contribution in [2.75, 3.05) is 12.5 Å². The first-order valence-corrected chi connectivity index (χ1v) is 5.51. The number of rotatable bonds is 7. The Morgan fingerprint density at radius 3 is 2.33 bits per heavy atom. The SMILES string of the molecule is C=C.C=N/C(NCCCC)=C(/C)NCCl. The molecule has 0 spiro atoms. The molecule has 0 aliphatic carbocycles. The highest BCUT2D eigenvalue weighted by atomic mass is 35.5. The van der Waals surface area contributed by atoms with Crippen LogP contribution >= 0.6 is 11.6 Å². The third-order valence-corrected chi connectivity index (χ3v) is 1.80. The van der Waals surface area contributed by atoms with Gasteiger partial charge in [-0.3, -0.25) is 0 Å². The Morgan fingerprint density at radius 2 is 1.93 bits per heavy atom. The van der Waals surface area contributed by atoms with Crippen LogP contribution in [0.3, 0.4) is 0 Å². The fourth-order valence-electron chi connectivity index (χ4n) is 0.875. The van der Waals surface area contributed by atoms with E-state index in [0.717, 1.165) is 24.5 Å².